The molecule has 0 saturated heterocycles. The topological polar surface area (TPSA) is 51.0 Å². The fraction of sp³-hybridized carbons (Fsp3) is 0.500. The van der Waals surface area contributed by atoms with E-state index in [9.17, 15) is 4.79 Å². The van der Waals surface area contributed by atoms with E-state index >= 15 is 0 Å². The minimum Gasteiger partial charge on any atom is -0.336 e. The minimum atomic E-state index is -0.0721. The summed E-state index contributed by atoms with van der Waals surface area (Å²) in [4.78, 5) is 19.3. The fourth-order valence-corrected chi connectivity index (χ4v) is 3.15. The molecule has 0 N–H and O–H groups in total. The molecule has 2 aromatic rings. The summed E-state index contributed by atoms with van der Waals surface area (Å²) < 4.78 is 1.76. The van der Waals surface area contributed by atoms with E-state index in [-0.39, 0.29) is 5.91 Å². The molecule has 2 aliphatic rings. The first-order valence-electron chi connectivity index (χ1n) is 8.68. The molecule has 6 heteroatoms. The van der Waals surface area contributed by atoms with Gasteiger partial charge in [-0.2, -0.15) is 0 Å². The van der Waals surface area contributed by atoms with Crippen LogP contribution < -0.4 is 0 Å². The molecule has 2 aliphatic carbocycles. The van der Waals surface area contributed by atoms with Crippen molar-refractivity contribution in [3.05, 3.63) is 40.9 Å². The number of carbonyl (C=O) groups excluding carboxylic acids is 1. The molecule has 1 aromatic carbocycles. The Balaban J connectivity index is 1.68. The SMILES string of the molecule is CCN(CC1CC1)C(=O)c1nc(C2CC2)n(-c2ccccc2Cl)n1. The highest BCUT2D eigenvalue weighted by Crippen LogP contribution is 2.40. The number of rotatable bonds is 6. The van der Waals surface area contributed by atoms with Gasteiger partial charge in [0.05, 0.1) is 10.7 Å². The number of aromatic nitrogens is 3. The second kappa shape index (κ2) is 6.20. The molecular formula is C18H21ClN4O. The molecule has 1 amide bonds. The highest BCUT2D eigenvalue weighted by Gasteiger charge is 2.33. The van der Waals surface area contributed by atoms with Crippen molar-refractivity contribution in [1.29, 1.82) is 0 Å². The molecule has 5 nitrogen and oxygen atoms in total. The van der Waals surface area contributed by atoms with Crippen LogP contribution in [0.1, 0.15) is 55.0 Å². The second-order valence-electron chi connectivity index (χ2n) is 6.72. The lowest BCUT2D eigenvalue weighted by atomic mass is 10.3. The van der Waals surface area contributed by atoms with E-state index in [1.807, 2.05) is 36.1 Å². The molecule has 126 valence electrons. The molecular weight excluding hydrogens is 324 g/mol. The van der Waals surface area contributed by atoms with Crippen molar-refractivity contribution in [2.24, 2.45) is 5.92 Å². The number of hydrogen-bond donors (Lipinski definition) is 0. The quantitative estimate of drug-likeness (QED) is 0.803. The Hall–Kier alpha value is -1.88. The largest absolute Gasteiger partial charge is 0.336 e. The molecule has 0 bridgehead atoms. The average molecular weight is 345 g/mol. The van der Waals surface area contributed by atoms with Gasteiger partial charge in [0.2, 0.25) is 5.82 Å². The zero-order valence-electron chi connectivity index (χ0n) is 13.8. The van der Waals surface area contributed by atoms with Crippen molar-refractivity contribution < 1.29 is 4.79 Å². The summed E-state index contributed by atoms with van der Waals surface area (Å²) in [6.07, 6.45) is 4.63. The smallest absolute Gasteiger partial charge is 0.293 e. The third kappa shape index (κ3) is 3.05. The minimum absolute atomic E-state index is 0.0721. The predicted molar refractivity (Wildman–Crippen MR) is 92.6 cm³/mol. The average Bonchev–Trinajstić information content (AvgIpc) is 3.52. The van der Waals surface area contributed by atoms with E-state index in [1.165, 1.54) is 12.8 Å². The first kappa shape index (κ1) is 15.6. The molecule has 0 spiro atoms. The summed E-state index contributed by atoms with van der Waals surface area (Å²) in [7, 11) is 0. The van der Waals surface area contributed by atoms with Crippen LogP contribution in [-0.4, -0.2) is 38.7 Å². The van der Waals surface area contributed by atoms with Gasteiger partial charge in [0.25, 0.3) is 5.91 Å². The van der Waals surface area contributed by atoms with Gasteiger partial charge in [0, 0.05) is 19.0 Å². The number of para-hydroxylation sites is 1. The van der Waals surface area contributed by atoms with Gasteiger partial charge in [-0.25, -0.2) is 9.67 Å². The molecule has 0 atom stereocenters. The van der Waals surface area contributed by atoms with Crippen LogP contribution in [0.25, 0.3) is 5.69 Å². The third-order valence-corrected chi connectivity index (χ3v) is 5.01. The second-order valence-corrected chi connectivity index (χ2v) is 7.13. The number of halogens is 1. The molecule has 24 heavy (non-hydrogen) atoms. The van der Waals surface area contributed by atoms with E-state index in [0.717, 1.165) is 30.9 Å². The van der Waals surface area contributed by atoms with E-state index < -0.39 is 0 Å². The van der Waals surface area contributed by atoms with Crippen LogP contribution in [0, 0.1) is 5.92 Å². The van der Waals surface area contributed by atoms with Gasteiger partial charge in [0.1, 0.15) is 5.82 Å². The van der Waals surface area contributed by atoms with Crippen LogP contribution in [0.5, 0.6) is 0 Å². The van der Waals surface area contributed by atoms with Crippen LogP contribution in [-0.2, 0) is 0 Å². The van der Waals surface area contributed by atoms with Crippen LogP contribution in [0.3, 0.4) is 0 Å². The van der Waals surface area contributed by atoms with Crippen molar-refractivity contribution in [3.8, 4) is 5.69 Å². The summed E-state index contributed by atoms with van der Waals surface area (Å²) >= 11 is 6.33. The lowest BCUT2D eigenvalue weighted by Gasteiger charge is -2.18. The Bertz CT molecular complexity index is 764. The first-order valence-corrected chi connectivity index (χ1v) is 9.06. The lowest BCUT2D eigenvalue weighted by Crippen LogP contribution is -2.33. The zero-order valence-corrected chi connectivity index (χ0v) is 14.5. The van der Waals surface area contributed by atoms with Crippen LogP contribution in [0.4, 0.5) is 0 Å². The molecule has 1 aromatic heterocycles. The van der Waals surface area contributed by atoms with Crippen molar-refractivity contribution in [3.63, 3.8) is 0 Å². The number of nitrogens with zero attached hydrogens (tertiary/aromatic N) is 4. The van der Waals surface area contributed by atoms with Gasteiger partial charge in [-0.05, 0) is 50.7 Å². The molecule has 2 fully saturated rings. The third-order valence-electron chi connectivity index (χ3n) is 4.69. The Morgan fingerprint density at radius 2 is 2.04 bits per heavy atom. The van der Waals surface area contributed by atoms with E-state index in [1.54, 1.807) is 4.68 Å². The molecule has 0 aliphatic heterocycles. The monoisotopic (exact) mass is 344 g/mol. The van der Waals surface area contributed by atoms with Gasteiger partial charge >= 0.3 is 0 Å². The van der Waals surface area contributed by atoms with Crippen LogP contribution >= 0.6 is 11.6 Å². The molecule has 2 saturated carbocycles. The van der Waals surface area contributed by atoms with Crippen molar-refractivity contribution in [1.82, 2.24) is 19.7 Å². The summed E-state index contributed by atoms with van der Waals surface area (Å²) in [6.45, 7) is 3.51. The van der Waals surface area contributed by atoms with Gasteiger partial charge in [0.15, 0.2) is 0 Å². The van der Waals surface area contributed by atoms with Crippen molar-refractivity contribution in [2.45, 2.75) is 38.5 Å². The van der Waals surface area contributed by atoms with Crippen molar-refractivity contribution >= 4 is 17.5 Å². The van der Waals surface area contributed by atoms with E-state index in [4.69, 9.17) is 11.6 Å². The molecule has 0 unspecified atom stereocenters. The maximum atomic E-state index is 12.8. The predicted octanol–water partition coefficient (Wildman–Crippen LogP) is 3.67. The standard InChI is InChI=1S/C18H21ClN4O/c1-2-22(11-12-7-8-12)18(24)16-20-17(13-9-10-13)23(21-16)15-6-4-3-5-14(15)19/h3-6,12-13H,2,7-11H2,1H3. The zero-order chi connectivity index (χ0) is 16.7. The number of hydrogen-bond acceptors (Lipinski definition) is 3. The van der Waals surface area contributed by atoms with Gasteiger partial charge in [-0.15, -0.1) is 5.10 Å². The summed E-state index contributed by atoms with van der Waals surface area (Å²) in [5, 5.41) is 5.15. The van der Waals surface area contributed by atoms with Crippen molar-refractivity contribution in [2.75, 3.05) is 13.1 Å². The maximum absolute atomic E-state index is 12.8. The summed E-state index contributed by atoms with van der Waals surface area (Å²) in [5.41, 5.74) is 0.790. The normalized spacial score (nSPS) is 17.1. The molecule has 1 heterocycles. The Kier molecular flexibility index (Phi) is 4.04. The Morgan fingerprint density at radius 3 is 2.67 bits per heavy atom. The van der Waals surface area contributed by atoms with Crippen LogP contribution in [0.15, 0.2) is 24.3 Å². The Labute approximate surface area is 146 Å². The first-order chi connectivity index (χ1) is 11.7. The van der Waals surface area contributed by atoms with Gasteiger partial charge in [-0.3, -0.25) is 4.79 Å². The number of amides is 1. The number of benzene rings is 1. The van der Waals surface area contributed by atoms with Crippen LogP contribution in [0.2, 0.25) is 5.02 Å². The number of carbonyl (C=O) groups is 1. The van der Waals surface area contributed by atoms with E-state index in [0.29, 0.717) is 29.2 Å². The van der Waals surface area contributed by atoms with Gasteiger partial charge in [-0.1, -0.05) is 23.7 Å². The fourth-order valence-electron chi connectivity index (χ4n) is 2.93. The summed E-state index contributed by atoms with van der Waals surface area (Å²) in [6, 6.07) is 7.56. The molecule has 4 rings (SSSR count). The lowest BCUT2D eigenvalue weighted by molar-refractivity contribution is 0.0744. The Morgan fingerprint density at radius 1 is 1.29 bits per heavy atom. The highest BCUT2D eigenvalue weighted by molar-refractivity contribution is 6.32. The summed E-state index contributed by atoms with van der Waals surface area (Å²) in [5.74, 6) is 2.11. The molecule has 0 radical (unpaired) electrons. The van der Waals surface area contributed by atoms with Gasteiger partial charge < -0.3 is 4.90 Å². The maximum Gasteiger partial charge on any atom is 0.293 e. The highest BCUT2D eigenvalue weighted by atomic mass is 35.5. The van der Waals surface area contributed by atoms with E-state index in [2.05, 4.69) is 10.1 Å².